The molecule has 0 saturated carbocycles. The van der Waals surface area contributed by atoms with E-state index in [1.807, 2.05) is 0 Å². The van der Waals surface area contributed by atoms with E-state index in [0.29, 0.717) is 24.7 Å². The molecule has 2 amide bonds. The van der Waals surface area contributed by atoms with Crippen LogP contribution in [0.3, 0.4) is 0 Å². The number of carbonyl (C=O) groups excluding carboxylic acids is 6. The predicted molar refractivity (Wildman–Crippen MR) is 321 cm³/mol. The molecule has 1 aliphatic carbocycles. The number of anilines is 2. The van der Waals surface area contributed by atoms with Crippen molar-refractivity contribution in [1.82, 2.24) is 15.2 Å². The fourth-order valence-electron chi connectivity index (χ4n) is 11.6. The summed E-state index contributed by atoms with van der Waals surface area (Å²) in [5.74, 6) is -12.2. The molecule has 0 spiro atoms. The highest BCUT2D eigenvalue weighted by atomic mass is 31.2. The average Bonchev–Trinajstić information content (AvgIpc) is 1.76. The fraction of sp³-hybridized carbons (Fsp3) is 0.525. The van der Waals surface area contributed by atoms with Crippen LogP contribution in [-0.2, 0) is 61.5 Å². The first-order chi connectivity index (χ1) is 41.6. The maximum Gasteiger partial charge on any atom is 0.360 e. The number of aromatic nitrogens is 1. The van der Waals surface area contributed by atoms with Crippen LogP contribution in [0.25, 0.3) is 33.3 Å². The number of phenolic OH excluding ortho intramolecular Hbond substituents is 2. The van der Waals surface area contributed by atoms with Crippen molar-refractivity contribution in [1.29, 1.82) is 0 Å². The summed E-state index contributed by atoms with van der Waals surface area (Å²) >= 11 is 0. The summed E-state index contributed by atoms with van der Waals surface area (Å²) in [6.07, 6.45) is 1.28. The number of carbonyl (C=O) groups is 6. The van der Waals surface area contributed by atoms with Crippen molar-refractivity contribution in [3.8, 4) is 28.7 Å². The Morgan fingerprint density at radius 2 is 1.51 bits per heavy atom. The number of aromatic hydroxyl groups is 2. The van der Waals surface area contributed by atoms with Gasteiger partial charge in [-0.1, -0.05) is 59.8 Å². The minimum Gasteiger partial charge on any atom is -0.507 e. The van der Waals surface area contributed by atoms with Gasteiger partial charge in [-0.15, -0.1) is 0 Å². The van der Waals surface area contributed by atoms with Crippen LogP contribution < -0.4 is 25.7 Å². The number of nitrogens with one attached hydrogen (secondary N) is 2. The molecule has 8 rings (SSSR count). The number of ether oxygens (including phenoxy) is 7. The lowest BCUT2D eigenvalue weighted by Crippen LogP contribution is -2.48. The first kappa shape index (κ1) is 69.2. The van der Waals surface area contributed by atoms with E-state index in [2.05, 4.69) is 29.0 Å². The van der Waals surface area contributed by atoms with E-state index in [9.17, 15) is 62.9 Å². The Morgan fingerprint density at radius 1 is 0.854 bits per heavy atom. The number of nitrogens with zero attached hydrogens (tertiary/aromatic N) is 3. The normalized spacial score (nSPS) is 25.6. The first-order valence-corrected chi connectivity index (χ1v) is 32.0. The lowest BCUT2D eigenvalue weighted by Gasteiger charge is -2.40. The third-order valence-corrected chi connectivity index (χ3v) is 19.4. The summed E-state index contributed by atoms with van der Waals surface area (Å²) in [4.78, 5) is 143. The van der Waals surface area contributed by atoms with Gasteiger partial charge in [0, 0.05) is 125 Å². The highest BCUT2D eigenvalue weighted by Crippen LogP contribution is 2.58. The van der Waals surface area contributed by atoms with Crippen LogP contribution in [0.1, 0.15) is 91.1 Å². The molecule has 5 heterocycles. The molecule has 1 fully saturated rings. The number of hydrogen-bond donors (Lipinski definition) is 8. The molecular formula is C59H77N5O23P2. The Balaban J connectivity index is 1.31. The largest absolute Gasteiger partial charge is 0.507 e. The minimum atomic E-state index is -5.55. The smallest absolute Gasteiger partial charge is 0.360 e. The number of methoxy groups -OCH3 is 2. The molecule has 1 saturated heterocycles. The van der Waals surface area contributed by atoms with Crippen molar-refractivity contribution >= 4 is 83.9 Å². The van der Waals surface area contributed by atoms with Gasteiger partial charge in [-0.25, -0.2) is 9.78 Å². The molecule has 9 atom stereocenters. The van der Waals surface area contributed by atoms with Gasteiger partial charge in [0.2, 0.25) is 16.9 Å². The number of esters is 3. The molecule has 5 aliphatic heterocycles. The number of ketones is 1. The van der Waals surface area contributed by atoms with E-state index in [-0.39, 0.29) is 56.1 Å². The Kier molecular flexibility index (Phi) is 21.7. The number of fused-ring (bicyclic) bond motifs is 14. The zero-order valence-corrected chi connectivity index (χ0v) is 53.1. The molecular weight excluding hydrogens is 1210 g/mol. The molecule has 8 N–H and O–H groups in total. The van der Waals surface area contributed by atoms with Gasteiger partial charge in [-0.2, -0.15) is 0 Å². The zero-order valence-electron chi connectivity index (χ0n) is 51.3. The fourth-order valence-corrected chi connectivity index (χ4v) is 13.8. The van der Waals surface area contributed by atoms with Gasteiger partial charge < -0.3 is 82.9 Å². The van der Waals surface area contributed by atoms with Crippen LogP contribution in [0.15, 0.2) is 57.5 Å². The molecule has 0 unspecified atom stereocenters. The number of phenols is 2. The van der Waals surface area contributed by atoms with Crippen molar-refractivity contribution in [2.24, 2.45) is 29.6 Å². The molecule has 2 aromatic carbocycles. The Morgan fingerprint density at radius 3 is 2.11 bits per heavy atom. The van der Waals surface area contributed by atoms with Crippen LogP contribution >= 0.6 is 15.2 Å². The Hall–Kier alpha value is -7.26. The summed E-state index contributed by atoms with van der Waals surface area (Å²) in [5, 5.41) is 27.3. The first-order valence-electron chi connectivity index (χ1n) is 28.6. The molecule has 5 bridgehead atoms. The van der Waals surface area contributed by atoms with E-state index >= 15 is 9.59 Å². The summed E-state index contributed by atoms with van der Waals surface area (Å²) in [5.41, 5.74) is -4.30. The minimum absolute atomic E-state index is 0.00443. The number of amides is 2. The number of hydrogen-bond acceptors (Lipinski definition) is 22. The summed E-state index contributed by atoms with van der Waals surface area (Å²) in [7, 11) is -8.34. The summed E-state index contributed by atoms with van der Waals surface area (Å²) in [6, 6.07) is 3.18. The summed E-state index contributed by atoms with van der Waals surface area (Å²) < 4.78 is 71.3. The number of benzene rings is 3. The van der Waals surface area contributed by atoms with Gasteiger partial charge in [0.05, 0.1) is 35.8 Å². The van der Waals surface area contributed by atoms with Gasteiger partial charge >= 0.3 is 38.9 Å². The quantitative estimate of drug-likeness (QED) is 0.0232. The topological polar surface area (TPSA) is 396 Å². The maximum absolute atomic E-state index is 15.1. The molecule has 2 aromatic rings. The monoisotopic (exact) mass is 1290 g/mol. The Labute approximate surface area is 512 Å². The second kappa shape index (κ2) is 27.9. The molecule has 6 aliphatic rings. The lowest BCUT2D eigenvalue weighted by atomic mass is 9.78. The Bertz CT molecular complexity index is 3600. The maximum atomic E-state index is 15.1. The zero-order chi connectivity index (χ0) is 65.9. The highest BCUT2D eigenvalue weighted by molar-refractivity contribution is 7.70. The SMILES string of the molecule is CO[C@H]1[C@@H](C)[C@H](OC(C)=O)[C@H](C)[C@@H](OC)/C=C/O[C@@]2(C)Oc3c(C)c(O)c4c(=O)c(c5oc6cc(N7CCN(CC(C)C)CC7)cc(O)c6nc-5c4c3C2=O)NC(=O)/C(C)=C\C=C\[C@H](C)[C@H](OC(=O)COC(=O)CCC(=O)NC(P(=O)(O)O)P(=O)(O)O)[C@H]1C. The predicted octanol–water partition coefficient (Wildman–Crippen LogP) is 5.72. The lowest BCUT2D eigenvalue weighted by molar-refractivity contribution is -0.173. The van der Waals surface area contributed by atoms with Gasteiger partial charge in [0.15, 0.2) is 18.0 Å². The van der Waals surface area contributed by atoms with Gasteiger partial charge in [-0.3, -0.25) is 42.8 Å². The van der Waals surface area contributed by atoms with E-state index < -0.39 is 152 Å². The second-order valence-corrected chi connectivity index (χ2v) is 27.0. The summed E-state index contributed by atoms with van der Waals surface area (Å²) in [6.45, 7) is 19.0. The van der Waals surface area contributed by atoms with E-state index in [1.165, 1.54) is 71.5 Å². The highest BCUT2D eigenvalue weighted by Gasteiger charge is 2.51. The van der Waals surface area contributed by atoms with Crippen LogP contribution in [0.2, 0.25) is 0 Å². The number of rotatable bonds is 15. The van der Waals surface area contributed by atoms with E-state index in [4.69, 9.17) is 42.6 Å². The number of allylic oxidation sites excluding steroid dienone is 2. The van der Waals surface area contributed by atoms with E-state index in [1.54, 1.807) is 39.8 Å². The van der Waals surface area contributed by atoms with Gasteiger partial charge in [0.25, 0.3) is 11.7 Å². The molecule has 30 heteroatoms. The van der Waals surface area contributed by atoms with Crippen LogP contribution in [0, 0.1) is 36.5 Å². The van der Waals surface area contributed by atoms with Crippen LogP contribution in [0.5, 0.6) is 17.2 Å². The molecule has 89 heavy (non-hydrogen) atoms. The van der Waals surface area contributed by atoms with Crippen LogP contribution in [-0.4, -0.2) is 164 Å². The molecule has 0 radical (unpaired) electrons. The van der Waals surface area contributed by atoms with E-state index in [0.717, 1.165) is 25.9 Å². The average molecular weight is 1290 g/mol. The standard InChI is InChI=1S/C59H77N5O23P2/c1-28(2)26-63-19-21-64(22-20-63)36-24-37(66)46-39(25-36)85-55-47(61-46)43-44-49(70)32(6)54-45(43)56(72)59(10,87-54)83-23-18-38(80-11)31(5)53(84-35(9)65)34(8)52(81-12)33(7)51(29(3)14-13-15-30(4)57(73)62-48(55)50(44)71)86-42(69)27-82-41(68)17-16-40(67)60-58(88(74,75)76)89(77,78)79/h13-15,18,23-25,28-29,31,33-34,38,51-53,58,66,70H,16-17,19-22,26-27H2,1-12H3,(H,60,67)(H,62,73)(H2,74,75,76)(H2,77,78,79)/b14-13+,23-18+,30-15-/t29-,31+,33+,34+,38-,51-,52+,53+,59-/m0/s1. The molecule has 0 aromatic heterocycles. The molecule has 486 valence electrons. The second-order valence-electron chi connectivity index (χ2n) is 23.2. The number of Topliss-reactive ketones (excluding diaryl/α,β-unsaturated/α-hetero) is 1. The van der Waals surface area contributed by atoms with Gasteiger partial charge in [0.1, 0.15) is 46.4 Å². The van der Waals surface area contributed by atoms with Crippen molar-refractivity contribution in [3.05, 3.63) is 69.6 Å². The van der Waals surface area contributed by atoms with Crippen molar-refractivity contribution in [2.75, 3.05) is 63.8 Å². The van der Waals surface area contributed by atoms with Crippen molar-refractivity contribution < 1.29 is 105 Å². The van der Waals surface area contributed by atoms with Crippen molar-refractivity contribution in [2.45, 2.75) is 118 Å². The molecule has 28 nitrogen and oxygen atoms in total. The van der Waals surface area contributed by atoms with Crippen molar-refractivity contribution in [3.63, 3.8) is 0 Å². The third kappa shape index (κ3) is 15.3. The third-order valence-electron chi connectivity index (χ3n) is 16.1. The van der Waals surface area contributed by atoms with Crippen LogP contribution in [0.4, 0.5) is 11.4 Å². The van der Waals surface area contributed by atoms with Gasteiger partial charge in [-0.05, 0) is 25.8 Å². The number of piperazine rings is 1.